The van der Waals surface area contributed by atoms with Crippen LogP contribution in [-0.2, 0) is 10.3 Å². The van der Waals surface area contributed by atoms with Crippen LogP contribution in [-0.4, -0.2) is 11.8 Å². The molecule has 2 nitrogen and oxygen atoms in total. The fraction of sp³-hybridized carbons (Fsp3) is 0.417. The number of alkyl halides is 1. The van der Waals surface area contributed by atoms with Crippen molar-refractivity contribution in [3.63, 3.8) is 0 Å². The maximum absolute atomic E-state index is 11.4. The highest BCUT2D eigenvalue weighted by molar-refractivity contribution is 6.27. The molecule has 0 radical (unpaired) electrons. The van der Waals surface area contributed by atoms with Gasteiger partial charge in [-0.1, -0.05) is 30.3 Å². The number of benzene rings is 1. The molecule has 0 spiro atoms. The summed E-state index contributed by atoms with van der Waals surface area (Å²) in [4.78, 5) is 11.4. The molecule has 0 aliphatic heterocycles. The van der Waals surface area contributed by atoms with Crippen LogP contribution < -0.4 is 5.32 Å². The molecule has 0 unspecified atom stereocenters. The summed E-state index contributed by atoms with van der Waals surface area (Å²) in [5, 5.41) is 3.02. The molecule has 0 heterocycles. The molecular formula is C12H14ClNO. The fourth-order valence-electron chi connectivity index (χ4n) is 2.07. The van der Waals surface area contributed by atoms with Crippen LogP contribution in [0.1, 0.15) is 24.8 Å². The van der Waals surface area contributed by atoms with E-state index in [1.165, 1.54) is 5.56 Å². The van der Waals surface area contributed by atoms with Crippen molar-refractivity contribution >= 4 is 17.5 Å². The first kappa shape index (κ1) is 10.5. The number of rotatable bonds is 3. The zero-order valence-electron chi connectivity index (χ0n) is 8.50. The molecule has 80 valence electrons. The molecule has 1 aromatic rings. The maximum atomic E-state index is 11.4. The summed E-state index contributed by atoms with van der Waals surface area (Å²) in [6, 6.07) is 10.1. The van der Waals surface area contributed by atoms with Crippen LogP contribution in [0.15, 0.2) is 30.3 Å². The van der Waals surface area contributed by atoms with E-state index in [9.17, 15) is 4.79 Å². The van der Waals surface area contributed by atoms with Crippen LogP contribution >= 0.6 is 11.6 Å². The van der Waals surface area contributed by atoms with E-state index >= 15 is 0 Å². The molecule has 0 bridgehead atoms. The standard InChI is InChI=1S/C12H14ClNO/c13-9-11(15)14-12(7-4-8-12)10-5-2-1-3-6-10/h1-3,5-6H,4,7-9H2,(H,14,15). The van der Waals surface area contributed by atoms with Crippen LogP contribution in [0.4, 0.5) is 0 Å². The van der Waals surface area contributed by atoms with Crippen molar-refractivity contribution in [3.05, 3.63) is 35.9 Å². The van der Waals surface area contributed by atoms with Crippen molar-refractivity contribution in [2.24, 2.45) is 0 Å². The Morgan fingerprint density at radius 1 is 1.33 bits per heavy atom. The Morgan fingerprint density at radius 2 is 2.00 bits per heavy atom. The molecule has 15 heavy (non-hydrogen) atoms. The second kappa shape index (κ2) is 4.23. The zero-order chi connectivity index (χ0) is 10.7. The van der Waals surface area contributed by atoms with Crippen LogP contribution in [0, 0.1) is 0 Å². The van der Waals surface area contributed by atoms with Gasteiger partial charge < -0.3 is 5.32 Å². The fourth-order valence-corrected chi connectivity index (χ4v) is 2.14. The molecule has 3 heteroatoms. The lowest BCUT2D eigenvalue weighted by molar-refractivity contribution is -0.121. The monoisotopic (exact) mass is 223 g/mol. The van der Waals surface area contributed by atoms with Gasteiger partial charge in [0.2, 0.25) is 5.91 Å². The number of nitrogens with one attached hydrogen (secondary N) is 1. The summed E-state index contributed by atoms with van der Waals surface area (Å²) in [7, 11) is 0. The smallest absolute Gasteiger partial charge is 0.235 e. The number of hydrogen-bond donors (Lipinski definition) is 1. The maximum Gasteiger partial charge on any atom is 0.235 e. The van der Waals surface area contributed by atoms with Crippen molar-refractivity contribution in [1.82, 2.24) is 5.32 Å². The number of carbonyl (C=O) groups excluding carboxylic acids is 1. The molecule has 1 aromatic carbocycles. The summed E-state index contributed by atoms with van der Waals surface area (Å²) in [5.41, 5.74) is 1.04. The van der Waals surface area contributed by atoms with Crippen LogP contribution in [0.5, 0.6) is 0 Å². The number of amides is 1. The molecule has 1 fully saturated rings. The molecule has 1 amide bonds. The molecule has 1 aliphatic carbocycles. The van der Waals surface area contributed by atoms with Crippen molar-refractivity contribution in [2.45, 2.75) is 24.8 Å². The Hall–Kier alpha value is -1.02. The van der Waals surface area contributed by atoms with Crippen molar-refractivity contribution < 1.29 is 4.79 Å². The highest BCUT2D eigenvalue weighted by Crippen LogP contribution is 2.41. The quantitative estimate of drug-likeness (QED) is 0.784. The van der Waals surface area contributed by atoms with Gasteiger partial charge in [-0.2, -0.15) is 0 Å². The molecular weight excluding hydrogens is 210 g/mol. The van der Waals surface area contributed by atoms with Gasteiger partial charge in [-0.3, -0.25) is 4.79 Å². The second-order valence-corrected chi connectivity index (χ2v) is 4.25. The van der Waals surface area contributed by atoms with E-state index in [4.69, 9.17) is 11.6 Å². The van der Waals surface area contributed by atoms with Crippen molar-refractivity contribution in [2.75, 3.05) is 5.88 Å². The van der Waals surface area contributed by atoms with Gasteiger partial charge in [0.25, 0.3) is 0 Å². The Morgan fingerprint density at radius 3 is 2.47 bits per heavy atom. The Balaban J connectivity index is 2.19. The predicted molar refractivity (Wildman–Crippen MR) is 60.8 cm³/mol. The average molecular weight is 224 g/mol. The number of halogens is 1. The van der Waals surface area contributed by atoms with Gasteiger partial charge in [0.15, 0.2) is 0 Å². The van der Waals surface area contributed by atoms with Gasteiger partial charge in [0.1, 0.15) is 5.88 Å². The van der Waals surface area contributed by atoms with Gasteiger partial charge in [-0.15, -0.1) is 11.6 Å². The predicted octanol–water partition coefficient (Wildman–Crippen LogP) is 2.42. The molecule has 1 N–H and O–H groups in total. The van der Waals surface area contributed by atoms with Crippen LogP contribution in [0.2, 0.25) is 0 Å². The van der Waals surface area contributed by atoms with Gasteiger partial charge in [0.05, 0.1) is 5.54 Å². The van der Waals surface area contributed by atoms with E-state index < -0.39 is 0 Å². The van der Waals surface area contributed by atoms with E-state index in [-0.39, 0.29) is 17.3 Å². The SMILES string of the molecule is O=C(CCl)NC1(c2ccccc2)CCC1. The Labute approximate surface area is 94.6 Å². The largest absolute Gasteiger partial charge is 0.346 e. The molecule has 1 aliphatic rings. The summed E-state index contributed by atoms with van der Waals surface area (Å²) < 4.78 is 0. The van der Waals surface area contributed by atoms with Crippen molar-refractivity contribution in [3.8, 4) is 0 Å². The van der Waals surface area contributed by atoms with Gasteiger partial charge in [0, 0.05) is 0 Å². The third kappa shape index (κ3) is 2.00. The average Bonchev–Trinajstić information content (AvgIpc) is 2.24. The first-order valence-corrected chi connectivity index (χ1v) is 5.73. The third-order valence-electron chi connectivity index (χ3n) is 3.03. The van der Waals surface area contributed by atoms with E-state index in [2.05, 4.69) is 17.4 Å². The number of hydrogen-bond acceptors (Lipinski definition) is 1. The molecule has 2 rings (SSSR count). The van der Waals surface area contributed by atoms with Gasteiger partial charge in [-0.25, -0.2) is 0 Å². The lowest BCUT2D eigenvalue weighted by Gasteiger charge is -2.43. The van der Waals surface area contributed by atoms with Gasteiger partial charge in [-0.05, 0) is 24.8 Å². The first-order valence-electron chi connectivity index (χ1n) is 5.19. The minimum absolute atomic E-state index is 0.0363. The second-order valence-electron chi connectivity index (χ2n) is 3.98. The van der Waals surface area contributed by atoms with Crippen molar-refractivity contribution in [1.29, 1.82) is 0 Å². The minimum atomic E-state index is -0.146. The van der Waals surface area contributed by atoms with E-state index in [0.29, 0.717) is 0 Å². The summed E-state index contributed by atoms with van der Waals surface area (Å²) >= 11 is 5.51. The highest BCUT2D eigenvalue weighted by atomic mass is 35.5. The summed E-state index contributed by atoms with van der Waals surface area (Å²) in [6.45, 7) is 0. The van der Waals surface area contributed by atoms with Gasteiger partial charge >= 0.3 is 0 Å². The molecule has 1 saturated carbocycles. The summed E-state index contributed by atoms with van der Waals surface area (Å²) in [6.07, 6.45) is 3.19. The lowest BCUT2D eigenvalue weighted by atomic mass is 9.72. The zero-order valence-corrected chi connectivity index (χ0v) is 9.26. The first-order chi connectivity index (χ1) is 7.27. The van der Waals surface area contributed by atoms with E-state index in [1.54, 1.807) is 0 Å². The van der Waals surface area contributed by atoms with E-state index in [1.807, 2.05) is 18.2 Å². The van der Waals surface area contributed by atoms with Crippen LogP contribution in [0.25, 0.3) is 0 Å². The lowest BCUT2D eigenvalue weighted by Crippen LogP contribution is -2.51. The Kier molecular flexibility index (Phi) is 2.96. The third-order valence-corrected chi connectivity index (χ3v) is 3.28. The normalized spacial score (nSPS) is 17.9. The Bertz CT molecular complexity index is 346. The summed E-state index contributed by atoms with van der Waals surface area (Å²) in [5.74, 6) is -0.0468. The highest BCUT2D eigenvalue weighted by Gasteiger charge is 2.39. The molecule has 0 atom stereocenters. The minimum Gasteiger partial charge on any atom is -0.346 e. The number of carbonyl (C=O) groups is 1. The van der Waals surface area contributed by atoms with Crippen LogP contribution in [0.3, 0.4) is 0 Å². The topological polar surface area (TPSA) is 29.1 Å². The van der Waals surface area contributed by atoms with E-state index in [0.717, 1.165) is 19.3 Å². The molecule has 0 aromatic heterocycles. The molecule has 0 saturated heterocycles.